The van der Waals surface area contributed by atoms with Gasteiger partial charge in [0.1, 0.15) is 12.4 Å². The van der Waals surface area contributed by atoms with E-state index in [9.17, 15) is 24.3 Å². The number of aliphatic hydroxyl groups is 1. The zero-order valence-corrected chi connectivity index (χ0v) is 24.1. The third-order valence-corrected chi connectivity index (χ3v) is 8.69. The molecule has 3 aromatic rings. The maximum Gasteiger partial charge on any atom is 0.415 e. The van der Waals surface area contributed by atoms with Crippen LogP contribution < -0.4 is 10.3 Å². The van der Waals surface area contributed by atoms with Gasteiger partial charge in [0.25, 0.3) is 5.56 Å². The number of cyclic esters (lactones) is 1. The van der Waals surface area contributed by atoms with Crippen LogP contribution in [-0.2, 0) is 39.5 Å². The van der Waals surface area contributed by atoms with Crippen molar-refractivity contribution >= 4 is 28.9 Å². The van der Waals surface area contributed by atoms with E-state index in [1.807, 2.05) is 13.8 Å². The second kappa shape index (κ2) is 10.5. The summed E-state index contributed by atoms with van der Waals surface area (Å²) in [4.78, 5) is 59.4. The van der Waals surface area contributed by atoms with Crippen molar-refractivity contribution in [2.24, 2.45) is 0 Å². The standard InChI is InChI=1S/C31H34N4O7/c1-4-7-26(36)33-10-12-34(13-11-33)30(39)42-18-8-9-24-20(14-18)19(5-2)21-16-35-25(27(21)32-24)15-23-22(28(35)37)17-41-29(38)31(23,40)6-3/h8-9,14-15,40H,4-7,10-13,16-17H2,1-3H3. The molecule has 220 valence electrons. The molecule has 11 nitrogen and oxygen atoms in total. The van der Waals surface area contributed by atoms with Crippen molar-refractivity contribution in [3.63, 3.8) is 0 Å². The molecule has 1 aromatic carbocycles. The van der Waals surface area contributed by atoms with Gasteiger partial charge in [-0.15, -0.1) is 0 Å². The number of hydrogen-bond donors (Lipinski definition) is 1. The Morgan fingerprint density at radius 3 is 2.48 bits per heavy atom. The quantitative estimate of drug-likeness (QED) is 0.360. The van der Waals surface area contributed by atoms with Crippen molar-refractivity contribution in [3.05, 3.63) is 56.9 Å². The average molecular weight is 575 g/mol. The van der Waals surface area contributed by atoms with Crippen LogP contribution in [-0.4, -0.2) is 68.6 Å². The summed E-state index contributed by atoms with van der Waals surface area (Å²) in [6, 6.07) is 6.99. The van der Waals surface area contributed by atoms with Crippen LogP contribution in [0.25, 0.3) is 22.3 Å². The third kappa shape index (κ3) is 4.34. The SMILES string of the molecule is CCCC(=O)N1CCN(C(=O)Oc2ccc3nc4c(c(CC)c3c2)Cn2c-4cc3c(c2=O)COC(=O)C3(O)CC)CC1. The molecular formula is C31H34N4O7. The number of aryl methyl sites for hydroxylation is 1. The molecule has 1 unspecified atom stereocenters. The van der Waals surface area contributed by atoms with Crippen molar-refractivity contribution in [2.75, 3.05) is 26.2 Å². The van der Waals surface area contributed by atoms with Gasteiger partial charge in [0, 0.05) is 49.1 Å². The Bertz CT molecular complexity index is 1690. The van der Waals surface area contributed by atoms with E-state index < -0.39 is 17.7 Å². The lowest BCUT2D eigenvalue weighted by molar-refractivity contribution is -0.172. The molecule has 42 heavy (non-hydrogen) atoms. The Balaban J connectivity index is 1.31. The fourth-order valence-corrected chi connectivity index (χ4v) is 6.28. The number of aromatic nitrogens is 2. The maximum atomic E-state index is 13.5. The van der Waals surface area contributed by atoms with E-state index in [1.54, 1.807) is 45.6 Å². The second-order valence-electron chi connectivity index (χ2n) is 11.0. The zero-order valence-electron chi connectivity index (χ0n) is 24.1. The molecule has 0 radical (unpaired) electrons. The molecule has 3 aliphatic rings. The molecule has 2 aromatic heterocycles. The average Bonchev–Trinajstić information content (AvgIpc) is 3.36. The molecule has 1 N–H and O–H groups in total. The highest BCUT2D eigenvalue weighted by molar-refractivity contribution is 5.90. The molecule has 1 fully saturated rings. The number of nitrogens with zero attached hydrogens (tertiary/aromatic N) is 4. The largest absolute Gasteiger partial charge is 0.458 e. The molecule has 2 amide bonds. The van der Waals surface area contributed by atoms with Gasteiger partial charge in [0.05, 0.1) is 29.0 Å². The smallest absolute Gasteiger partial charge is 0.415 e. The Morgan fingerprint density at radius 1 is 1.05 bits per heavy atom. The van der Waals surface area contributed by atoms with Crippen molar-refractivity contribution in [3.8, 4) is 17.1 Å². The van der Waals surface area contributed by atoms with Crippen LogP contribution in [0, 0.1) is 0 Å². The fraction of sp³-hybridized carbons (Fsp3) is 0.452. The van der Waals surface area contributed by atoms with E-state index in [0.29, 0.717) is 68.2 Å². The summed E-state index contributed by atoms with van der Waals surface area (Å²) >= 11 is 0. The van der Waals surface area contributed by atoms with Crippen LogP contribution >= 0.6 is 0 Å². The number of carbonyl (C=O) groups is 3. The van der Waals surface area contributed by atoms with Crippen LogP contribution in [0.1, 0.15) is 62.3 Å². The molecule has 0 saturated carbocycles. The lowest BCUT2D eigenvalue weighted by Crippen LogP contribution is -2.51. The molecule has 5 heterocycles. The Labute approximate surface area is 242 Å². The van der Waals surface area contributed by atoms with E-state index >= 15 is 0 Å². The van der Waals surface area contributed by atoms with Crippen molar-refractivity contribution in [2.45, 2.75) is 65.2 Å². The summed E-state index contributed by atoms with van der Waals surface area (Å²) < 4.78 is 12.5. The molecule has 11 heteroatoms. The molecule has 0 spiro atoms. The first kappa shape index (κ1) is 27.9. The fourth-order valence-electron chi connectivity index (χ4n) is 6.28. The van der Waals surface area contributed by atoms with E-state index in [2.05, 4.69) is 0 Å². The summed E-state index contributed by atoms with van der Waals surface area (Å²) in [6.45, 7) is 7.59. The summed E-state index contributed by atoms with van der Waals surface area (Å²) in [5.74, 6) is -0.255. The van der Waals surface area contributed by atoms with Crippen LogP contribution in [0.4, 0.5) is 4.79 Å². The number of esters is 1. The van der Waals surface area contributed by atoms with Gasteiger partial charge in [0.15, 0.2) is 5.60 Å². The van der Waals surface area contributed by atoms with Gasteiger partial charge >= 0.3 is 12.1 Å². The number of hydrogen-bond acceptors (Lipinski definition) is 8. The first-order valence-electron chi connectivity index (χ1n) is 14.6. The van der Waals surface area contributed by atoms with E-state index in [1.165, 1.54) is 0 Å². The van der Waals surface area contributed by atoms with E-state index in [-0.39, 0.29) is 35.6 Å². The zero-order chi connectivity index (χ0) is 29.8. The lowest BCUT2D eigenvalue weighted by atomic mass is 9.86. The number of pyridine rings is 2. The number of piperazine rings is 1. The highest BCUT2D eigenvalue weighted by Crippen LogP contribution is 2.40. The molecule has 6 rings (SSSR count). The topological polar surface area (TPSA) is 131 Å². The summed E-state index contributed by atoms with van der Waals surface area (Å²) in [5.41, 5.74) is 2.10. The predicted octanol–water partition coefficient (Wildman–Crippen LogP) is 3.09. The molecular weight excluding hydrogens is 540 g/mol. The molecule has 0 aliphatic carbocycles. The monoisotopic (exact) mass is 574 g/mol. The molecule has 1 atom stereocenters. The number of fused-ring (bicyclic) bond motifs is 5. The van der Waals surface area contributed by atoms with Crippen LogP contribution in [0.15, 0.2) is 29.1 Å². The second-order valence-corrected chi connectivity index (χ2v) is 11.0. The summed E-state index contributed by atoms with van der Waals surface area (Å²) in [6.07, 6.45) is 1.57. The Kier molecular flexibility index (Phi) is 7.00. The van der Waals surface area contributed by atoms with E-state index in [0.717, 1.165) is 22.9 Å². The minimum Gasteiger partial charge on any atom is -0.458 e. The van der Waals surface area contributed by atoms with Gasteiger partial charge in [-0.05, 0) is 49.1 Å². The Morgan fingerprint density at radius 2 is 1.79 bits per heavy atom. The van der Waals surface area contributed by atoms with Crippen molar-refractivity contribution in [1.82, 2.24) is 19.4 Å². The third-order valence-electron chi connectivity index (χ3n) is 8.69. The van der Waals surface area contributed by atoms with Gasteiger partial charge in [-0.25, -0.2) is 14.6 Å². The van der Waals surface area contributed by atoms with Gasteiger partial charge in [-0.2, -0.15) is 0 Å². The van der Waals surface area contributed by atoms with Crippen molar-refractivity contribution < 1.29 is 29.0 Å². The predicted molar refractivity (Wildman–Crippen MR) is 153 cm³/mol. The normalized spacial score (nSPS) is 19.3. The Hall–Kier alpha value is -4.25. The molecule has 3 aliphatic heterocycles. The maximum absolute atomic E-state index is 13.5. The number of rotatable bonds is 5. The van der Waals surface area contributed by atoms with E-state index in [4.69, 9.17) is 14.5 Å². The van der Waals surface area contributed by atoms with Gasteiger partial charge in [0.2, 0.25) is 5.91 Å². The van der Waals surface area contributed by atoms with Crippen LogP contribution in [0.5, 0.6) is 5.75 Å². The van der Waals surface area contributed by atoms with Crippen LogP contribution in [0.2, 0.25) is 0 Å². The first-order chi connectivity index (χ1) is 20.2. The highest BCUT2D eigenvalue weighted by atomic mass is 16.6. The number of amides is 2. The number of carbonyl (C=O) groups excluding carboxylic acids is 3. The van der Waals surface area contributed by atoms with Gasteiger partial charge in [-0.1, -0.05) is 20.8 Å². The van der Waals surface area contributed by atoms with Gasteiger partial charge in [-0.3, -0.25) is 9.59 Å². The van der Waals surface area contributed by atoms with Crippen molar-refractivity contribution in [1.29, 1.82) is 0 Å². The van der Waals surface area contributed by atoms with Crippen LogP contribution in [0.3, 0.4) is 0 Å². The minimum atomic E-state index is -1.88. The lowest BCUT2D eigenvalue weighted by Gasteiger charge is -2.34. The summed E-state index contributed by atoms with van der Waals surface area (Å²) in [7, 11) is 0. The highest BCUT2D eigenvalue weighted by Gasteiger charge is 2.45. The summed E-state index contributed by atoms with van der Waals surface area (Å²) in [5, 5.41) is 12.0. The van der Waals surface area contributed by atoms with Gasteiger partial charge < -0.3 is 28.9 Å². The first-order valence-corrected chi connectivity index (χ1v) is 14.6. The molecule has 1 saturated heterocycles. The number of ether oxygens (including phenoxy) is 2. The molecule has 0 bridgehead atoms. The number of benzene rings is 1. The minimum absolute atomic E-state index is 0.0775.